The lowest BCUT2D eigenvalue weighted by atomic mass is 9.93. The monoisotopic (exact) mass is 329 g/mol. The van der Waals surface area contributed by atoms with E-state index >= 15 is 0 Å². The minimum absolute atomic E-state index is 0.229. The van der Waals surface area contributed by atoms with Crippen LogP contribution >= 0.6 is 0 Å². The number of nitrogens with zero attached hydrogens (tertiary/aromatic N) is 3. The van der Waals surface area contributed by atoms with E-state index in [1.54, 1.807) is 6.33 Å². The summed E-state index contributed by atoms with van der Waals surface area (Å²) >= 11 is 0. The van der Waals surface area contributed by atoms with Crippen molar-refractivity contribution in [2.45, 2.75) is 63.5 Å². The second-order valence-electron chi connectivity index (χ2n) is 7.51. The van der Waals surface area contributed by atoms with Crippen molar-refractivity contribution in [2.24, 2.45) is 5.92 Å². The maximum absolute atomic E-state index is 11.9. The van der Waals surface area contributed by atoms with Crippen molar-refractivity contribution in [3.63, 3.8) is 0 Å². The summed E-state index contributed by atoms with van der Waals surface area (Å²) in [6, 6.07) is 3.14. The fourth-order valence-corrected chi connectivity index (χ4v) is 3.41. The standard InChI is InChI=1S/C18H27N5O/c24-18(22-15-6-7-15)8-3-13-2-1-9-23(11-13)17-10-16(19-12-20-17)21-14-4-5-14/h10,12-15H,1-9,11H2,(H,22,24)(H,19,20,21). The van der Waals surface area contributed by atoms with Crippen LogP contribution in [0.3, 0.4) is 0 Å². The second-order valence-corrected chi connectivity index (χ2v) is 7.51. The molecule has 130 valence electrons. The molecule has 0 bridgehead atoms. The Kier molecular flexibility index (Phi) is 4.54. The van der Waals surface area contributed by atoms with E-state index in [9.17, 15) is 4.79 Å². The van der Waals surface area contributed by atoms with Gasteiger partial charge in [-0.05, 0) is 50.9 Å². The molecule has 1 saturated heterocycles. The highest BCUT2D eigenvalue weighted by molar-refractivity contribution is 5.76. The SMILES string of the molecule is O=C(CCC1CCCN(c2cc(NC3CC3)ncn2)C1)NC1CC1. The van der Waals surface area contributed by atoms with Crippen molar-refractivity contribution in [1.29, 1.82) is 0 Å². The molecule has 1 amide bonds. The normalized spacial score (nSPS) is 23.8. The van der Waals surface area contributed by atoms with Crippen LogP contribution in [0, 0.1) is 5.92 Å². The Morgan fingerprint density at radius 2 is 2.00 bits per heavy atom. The predicted molar refractivity (Wildman–Crippen MR) is 94.0 cm³/mol. The molecular weight excluding hydrogens is 302 g/mol. The number of carbonyl (C=O) groups excluding carboxylic acids is 1. The van der Waals surface area contributed by atoms with Gasteiger partial charge in [0, 0.05) is 37.7 Å². The van der Waals surface area contributed by atoms with E-state index in [4.69, 9.17) is 0 Å². The first-order valence-corrected chi connectivity index (χ1v) is 9.39. The van der Waals surface area contributed by atoms with E-state index in [0.717, 1.165) is 44.0 Å². The summed E-state index contributed by atoms with van der Waals surface area (Å²) in [6.07, 6.45) is 10.5. The van der Waals surface area contributed by atoms with E-state index in [1.807, 2.05) is 0 Å². The van der Waals surface area contributed by atoms with Crippen molar-refractivity contribution in [2.75, 3.05) is 23.3 Å². The molecule has 24 heavy (non-hydrogen) atoms. The lowest BCUT2D eigenvalue weighted by Crippen LogP contribution is -2.36. The molecule has 2 N–H and O–H groups in total. The zero-order valence-corrected chi connectivity index (χ0v) is 14.2. The molecule has 2 aliphatic carbocycles. The summed E-state index contributed by atoms with van der Waals surface area (Å²) < 4.78 is 0. The van der Waals surface area contributed by atoms with E-state index in [2.05, 4.69) is 31.6 Å². The minimum Gasteiger partial charge on any atom is -0.367 e. The third kappa shape index (κ3) is 4.36. The van der Waals surface area contributed by atoms with Crippen LogP contribution in [0.2, 0.25) is 0 Å². The van der Waals surface area contributed by atoms with Crippen LogP contribution in [0.5, 0.6) is 0 Å². The molecule has 1 atom stereocenters. The Bertz CT molecular complexity index is 585. The van der Waals surface area contributed by atoms with Crippen LogP contribution in [0.25, 0.3) is 0 Å². The first-order valence-electron chi connectivity index (χ1n) is 9.39. The summed E-state index contributed by atoms with van der Waals surface area (Å²) in [4.78, 5) is 23.0. The van der Waals surface area contributed by atoms with Gasteiger partial charge in [-0.2, -0.15) is 0 Å². The molecule has 0 radical (unpaired) electrons. The molecule has 1 aromatic heterocycles. The Labute approximate surface area is 143 Å². The van der Waals surface area contributed by atoms with E-state index in [0.29, 0.717) is 24.4 Å². The van der Waals surface area contributed by atoms with Gasteiger partial charge in [0.2, 0.25) is 5.91 Å². The summed E-state index contributed by atoms with van der Waals surface area (Å²) in [5, 5.41) is 6.53. The van der Waals surface area contributed by atoms with Crippen molar-refractivity contribution in [3.8, 4) is 0 Å². The summed E-state index contributed by atoms with van der Waals surface area (Å²) in [5.41, 5.74) is 0. The lowest BCUT2D eigenvalue weighted by molar-refractivity contribution is -0.121. The Balaban J connectivity index is 1.29. The molecule has 1 aliphatic heterocycles. The lowest BCUT2D eigenvalue weighted by Gasteiger charge is -2.33. The molecule has 3 fully saturated rings. The number of aromatic nitrogens is 2. The number of hydrogen-bond acceptors (Lipinski definition) is 5. The van der Waals surface area contributed by atoms with Gasteiger partial charge in [0.1, 0.15) is 18.0 Å². The fourth-order valence-electron chi connectivity index (χ4n) is 3.41. The van der Waals surface area contributed by atoms with Gasteiger partial charge in [0.15, 0.2) is 0 Å². The van der Waals surface area contributed by atoms with Gasteiger partial charge in [-0.1, -0.05) is 0 Å². The topological polar surface area (TPSA) is 70.2 Å². The smallest absolute Gasteiger partial charge is 0.220 e. The highest BCUT2D eigenvalue weighted by atomic mass is 16.1. The average molecular weight is 329 g/mol. The zero-order valence-electron chi connectivity index (χ0n) is 14.2. The van der Waals surface area contributed by atoms with Crippen LogP contribution in [0.1, 0.15) is 51.4 Å². The molecular formula is C18H27N5O. The van der Waals surface area contributed by atoms with Gasteiger partial charge in [-0.3, -0.25) is 4.79 Å². The van der Waals surface area contributed by atoms with Gasteiger partial charge < -0.3 is 15.5 Å². The van der Waals surface area contributed by atoms with Gasteiger partial charge in [-0.25, -0.2) is 9.97 Å². The first kappa shape index (κ1) is 15.7. The number of rotatable bonds is 7. The van der Waals surface area contributed by atoms with Crippen LogP contribution in [0.15, 0.2) is 12.4 Å². The van der Waals surface area contributed by atoms with E-state index in [1.165, 1.54) is 25.7 Å². The van der Waals surface area contributed by atoms with Crippen LogP contribution in [0.4, 0.5) is 11.6 Å². The number of hydrogen-bond donors (Lipinski definition) is 2. The molecule has 3 aliphatic rings. The highest BCUT2D eigenvalue weighted by Crippen LogP contribution is 2.28. The third-order valence-electron chi connectivity index (χ3n) is 5.15. The number of amides is 1. The maximum atomic E-state index is 11.9. The van der Waals surface area contributed by atoms with Gasteiger partial charge >= 0.3 is 0 Å². The largest absolute Gasteiger partial charge is 0.367 e. The number of piperidine rings is 1. The number of anilines is 2. The Hall–Kier alpha value is -1.85. The van der Waals surface area contributed by atoms with Gasteiger partial charge in [0.25, 0.3) is 0 Å². The Morgan fingerprint density at radius 1 is 1.17 bits per heavy atom. The second kappa shape index (κ2) is 6.95. The molecule has 4 rings (SSSR count). The average Bonchev–Trinajstić information content (AvgIpc) is 3.51. The highest BCUT2D eigenvalue weighted by Gasteiger charge is 2.26. The molecule has 6 heteroatoms. The van der Waals surface area contributed by atoms with Crippen LogP contribution in [-0.4, -0.2) is 41.0 Å². The predicted octanol–water partition coefficient (Wildman–Crippen LogP) is 2.33. The summed E-state index contributed by atoms with van der Waals surface area (Å²) in [7, 11) is 0. The zero-order chi connectivity index (χ0) is 16.4. The van der Waals surface area contributed by atoms with E-state index in [-0.39, 0.29) is 5.91 Å². The molecule has 1 unspecified atom stereocenters. The van der Waals surface area contributed by atoms with Crippen molar-refractivity contribution >= 4 is 17.5 Å². The quantitative estimate of drug-likeness (QED) is 0.803. The van der Waals surface area contributed by atoms with Crippen molar-refractivity contribution < 1.29 is 4.79 Å². The molecule has 0 spiro atoms. The molecule has 2 saturated carbocycles. The van der Waals surface area contributed by atoms with E-state index < -0.39 is 0 Å². The first-order chi connectivity index (χ1) is 11.8. The van der Waals surface area contributed by atoms with Crippen molar-refractivity contribution in [1.82, 2.24) is 15.3 Å². The number of nitrogens with one attached hydrogen (secondary N) is 2. The summed E-state index contributed by atoms with van der Waals surface area (Å²) in [6.45, 7) is 2.04. The molecule has 2 heterocycles. The Morgan fingerprint density at radius 3 is 2.79 bits per heavy atom. The van der Waals surface area contributed by atoms with Crippen LogP contribution in [-0.2, 0) is 4.79 Å². The maximum Gasteiger partial charge on any atom is 0.220 e. The minimum atomic E-state index is 0.229. The molecule has 0 aromatic carbocycles. The molecule has 6 nitrogen and oxygen atoms in total. The summed E-state index contributed by atoms with van der Waals surface area (Å²) in [5.74, 6) is 2.76. The number of carbonyl (C=O) groups is 1. The molecule has 1 aromatic rings. The third-order valence-corrected chi connectivity index (χ3v) is 5.15. The van der Waals surface area contributed by atoms with Gasteiger partial charge in [0.05, 0.1) is 0 Å². The van der Waals surface area contributed by atoms with Crippen LogP contribution < -0.4 is 15.5 Å². The van der Waals surface area contributed by atoms with Crippen molar-refractivity contribution in [3.05, 3.63) is 12.4 Å². The van der Waals surface area contributed by atoms with Gasteiger partial charge in [-0.15, -0.1) is 0 Å². The fraction of sp³-hybridized carbons (Fsp3) is 0.722.